The van der Waals surface area contributed by atoms with E-state index in [4.69, 9.17) is 11.6 Å². The average molecular weight is 509 g/mol. The lowest BCUT2D eigenvalue weighted by Crippen LogP contribution is -2.44. The van der Waals surface area contributed by atoms with Crippen LogP contribution in [0.15, 0.2) is 29.5 Å². The van der Waals surface area contributed by atoms with Crippen LogP contribution in [0, 0.1) is 5.82 Å². The number of aliphatic imine (C=N–C) groups is 1. The molecule has 0 fully saturated rings. The minimum atomic E-state index is -0.333. The van der Waals surface area contributed by atoms with E-state index in [0.717, 1.165) is 24.4 Å². The smallest absolute Gasteiger partial charge is 0.191 e. The Hall–Kier alpha value is -1.42. The van der Waals surface area contributed by atoms with Crippen molar-refractivity contribution in [1.82, 2.24) is 25.4 Å². The van der Waals surface area contributed by atoms with Crippen LogP contribution in [0.25, 0.3) is 0 Å². The highest BCUT2D eigenvalue weighted by molar-refractivity contribution is 14.0. The van der Waals surface area contributed by atoms with E-state index in [0.29, 0.717) is 24.1 Å². The molecule has 0 spiro atoms. The summed E-state index contributed by atoms with van der Waals surface area (Å²) in [5.74, 6) is 1.32. The monoisotopic (exact) mass is 508 g/mol. The van der Waals surface area contributed by atoms with Crippen molar-refractivity contribution in [3.8, 4) is 0 Å². The number of hydrogen-bond acceptors (Lipinski definition) is 3. The zero-order valence-electron chi connectivity index (χ0n) is 16.1. The Kier molecular flexibility index (Phi) is 9.44. The largest absolute Gasteiger partial charge is 0.356 e. The second-order valence-electron chi connectivity index (χ2n) is 6.65. The molecular formula is C18H27ClFIN6. The molecular weight excluding hydrogens is 482 g/mol. The van der Waals surface area contributed by atoms with Gasteiger partial charge in [0, 0.05) is 43.5 Å². The van der Waals surface area contributed by atoms with E-state index in [1.165, 1.54) is 12.1 Å². The van der Waals surface area contributed by atoms with E-state index < -0.39 is 0 Å². The van der Waals surface area contributed by atoms with Crippen LogP contribution < -0.4 is 10.6 Å². The van der Waals surface area contributed by atoms with Gasteiger partial charge >= 0.3 is 0 Å². The summed E-state index contributed by atoms with van der Waals surface area (Å²) >= 11 is 6.20. The molecule has 0 aliphatic carbocycles. The minimum absolute atomic E-state index is 0. The van der Waals surface area contributed by atoms with Gasteiger partial charge in [0.25, 0.3) is 0 Å². The Morgan fingerprint density at radius 3 is 2.70 bits per heavy atom. The normalized spacial score (nSPS) is 11.9. The number of nitrogens with zero attached hydrogens (tertiary/aromatic N) is 4. The zero-order valence-corrected chi connectivity index (χ0v) is 19.2. The van der Waals surface area contributed by atoms with Crippen molar-refractivity contribution in [2.75, 3.05) is 20.1 Å². The van der Waals surface area contributed by atoms with Crippen molar-refractivity contribution in [3.05, 3.63) is 46.8 Å². The zero-order chi connectivity index (χ0) is 19.2. The van der Waals surface area contributed by atoms with E-state index in [1.807, 2.05) is 4.57 Å². The van der Waals surface area contributed by atoms with Crippen LogP contribution in [-0.4, -0.2) is 40.9 Å². The fraction of sp³-hybridized carbons (Fsp3) is 0.500. The van der Waals surface area contributed by atoms with Gasteiger partial charge < -0.3 is 15.2 Å². The molecule has 150 valence electrons. The number of benzene rings is 1. The maximum Gasteiger partial charge on any atom is 0.191 e. The van der Waals surface area contributed by atoms with Crippen LogP contribution >= 0.6 is 35.6 Å². The third-order valence-electron chi connectivity index (χ3n) is 4.24. The number of halogens is 3. The van der Waals surface area contributed by atoms with Gasteiger partial charge in [-0.15, -0.1) is 34.2 Å². The number of rotatable bonds is 7. The van der Waals surface area contributed by atoms with Crippen LogP contribution in [0.5, 0.6) is 0 Å². The van der Waals surface area contributed by atoms with E-state index >= 15 is 0 Å². The maximum absolute atomic E-state index is 13.3. The van der Waals surface area contributed by atoms with Gasteiger partial charge in [-0.3, -0.25) is 4.99 Å². The molecule has 0 aliphatic heterocycles. The first-order valence-corrected chi connectivity index (χ1v) is 9.02. The molecule has 0 unspecified atom stereocenters. The molecule has 0 aliphatic rings. The molecule has 27 heavy (non-hydrogen) atoms. The molecule has 0 saturated heterocycles. The van der Waals surface area contributed by atoms with Gasteiger partial charge in [-0.25, -0.2) is 4.39 Å². The highest BCUT2D eigenvalue weighted by atomic mass is 127. The predicted octanol–water partition coefficient (Wildman–Crippen LogP) is 3.39. The topological polar surface area (TPSA) is 67.1 Å². The standard InChI is InChI=1S/C18H26ClFN6.HI/c1-5-16-25-24-12-26(16)9-8-22-17(21-4)23-11-18(2,3)14-7-6-13(20)10-15(14)19;/h6-7,10,12H,5,8-9,11H2,1-4H3,(H2,21,22,23);1H. The predicted molar refractivity (Wildman–Crippen MR) is 119 cm³/mol. The van der Waals surface area contributed by atoms with Crippen molar-refractivity contribution in [2.24, 2.45) is 4.99 Å². The minimum Gasteiger partial charge on any atom is -0.356 e. The van der Waals surface area contributed by atoms with Crippen LogP contribution in [0.2, 0.25) is 5.02 Å². The summed E-state index contributed by atoms with van der Waals surface area (Å²) in [6.07, 6.45) is 2.58. The lowest BCUT2D eigenvalue weighted by Gasteiger charge is -2.27. The van der Waals surface area contributed by atoms with E-state index in [-0.39, 0.29) is 35.2 Å². The van der Waals surface area contributed by atoms with Crippen LogP contribution in [0.4, 0.5) is 4.39 Å². The highest BCUT2D eigenvalue weighted by Crippen LogP contribution is 2.29. The van der Waals surface area contributed by atoms with Gasteiger partial charge in [-0.05, 0) is 17.7 Å². The maximum atomic E-state index is 13.3. The molecule has 0 amide bonds. The molecule has 0 atom stereocenters. The Morgan fingerprint density at radius 1 is 1.33 bits per heavy atom. The fourth-order valence-corrected chi connectivity index (χ4v) is 3.12. The van der Waals surface area contributed by atoms with Gasteiger partial charge in [0.2, 0.25) is 0 Å². The molecule has 2 aromatic rings. The van der Waals surface area contributed by atoms with Crippen molar-refractivity contribution in [2.45, 2.75) is 39.2 Å². The molecule has 1 aromatic heterocycles. The highest BCUT2D eigenvalue weighted by Gasteiger charge is 2.24. The van der Waals surface area contributed by atoms with E-state index in [9.17, 15) is 4.39 Å². The van der Waals surface area contributed by atoms with Crippen LogP contribution in [0.1, 0.15) is 32.2 Å². The summed E-state index contributed by atoms with van der Waals surface area (Å²) in [7, 11) is 1.73. The Morgan fingerprint density at radius 2 is 2.07 bits per heavy atom. The second-order valence-corrected chi connectivity index (χ2v) is 7.06. The third kappa shape index (κ3) is 6.60. The lowest BCUT2D eigenvalue weighted by molar-refractivity contribution is 0.506. The molecule has 2 N–H and O–H groups in total. The summed E-state index contributed by atoms with van der Waals surface area (Å²) in [5, 5.41) is 15.0. The average Bonchev–Trinajstić information content (AvgIpc) is 3.05. The van der Waals surface area contributed by atoms with Crippen molar-refractivity contribution in [3.63, 3.8) is 0 Å². The summed E-state index contributed by atoms with van der Waals surface area (Å²) < 4.78 is 15.3. The van der Waals surface area contributed by atoms with Gasteiger partial charge in [-0.2, -0.15) is 0 Å². The van der Waals surface area contributed by atoms with Gasteiger partial charge in [0.1, 0.15) is 18.0 Å². The van der Waals surface area contributed by atoms with Crippen molar-refractivity contribution in [1.29, 1.82) is 0 Å². The quantitative estimate of drug-likeness (QED) is 0.342. The fourth-order valence-electron chi connectivity index (χ4n) is 2.69. The SMILES string of the molecule is CCc1nncn1CCNC(=NC)NCC(C)(C)c1ccc(F)cc1Cl.I. The summed E-state index contributed by atoms with van der Waals surface area (Å²) in [6, 6.07) is 4.50. The number of aromatic nitrogens is 3. The summed E-state index contributed by atoms with van der Waals surface area (Å²) in [6.45, 7) is 8.21. The van der Waals surface area contributed by atoms with Gasteiger partial charge in [0.05, 0.1) is 0 Å². The number of aryl methyl sites for hydroxylation is 1. The number of hydrogen-bond donors (Lipinski definition) is 2. The van der Waals surface area contributed by atoms with Crippen LogP contribution in [-0.2, 0) is 18.4 Å². The first kappa shape index (κ1) is 23.6. The van der Waals surface area contributed by atoms with E-state index in [2.05, 4.69) is 46.6 Å². The Bertz CT molecular complexity index is 762. The number of nitrogens with one attached hydrogen (secondary N) is 2. The van der Waals surface area contributed by atoms with Gasteiger partial charge in [0.15, 0.2) is 5.96 Å². The summed E-state index contributed by atoms with van der Waals surface area (Å²) in [4.78, 5) is 4.24. The molecule has 0 saturated carbocycles. The second kappa shape index (κ2) is 10.8. The molecule has 1 heterocycles. The van der Waals surface area contributed by atoms with Gasteiger partial charge in [-0.1, -0.05) is 38.4 Å². The van der Waals surface area contributed by atoms with Crippen molar-refractivity contribution < 1.29 is 4.39 Å². The number of guanidine groups is 1. The molecule has 9 heteroatoms. The van der Waals surface area contributed by atoms with Crippen molar-refractivity contribution >= 4 is 41.5 Å². The molecule has 0 radical (unpaired) electrons. The first-order chi connectivity index (χ1) is 12.4. The third-order valence-corrected chi connectivity index (χ3v) is 4.55. The first-order valence-electron chi connectivity index (χ1n) is 8.64. The molecule has 2 rings (SSSR count). The van der Waals surface area contributed by atoms with Crippen LogP contribution in [0.3, 0.4) is 0 Å². The lowest BCUT2D eigenvalue weighted by atomic mass is 9.84. The Balaban J connectivity index is 0.00000364. The molecule has 1 aromatic carbocycles. The summed E-state index contributed by atoms with van der Waals surface area (Å²) in [5.41, 5.74) is 0.604. The molecule has 0 bridgehead atoms. The molecule has 6 nitrogen and oxygen atoms in total. The Labute approximate surface area is 182 Å². The van der Waals surface area contributed by atoms with E-state index in [1.54, 1.807) is 19.4 Å².